The van der Waals surface area contributed by atoms with Crippen LogP contribution in [0.3, 0.4) is 0 Å². The first-order chi connectivity index (χ1) is 6.66. The lowest BCUT2D eigenvalue weighted by atomic mass is 10.1. The van der Waals surface area contributed by atoms with Crippen LogP contribution in [0.15, 0.2) is 28.8 Å². The van der Waals surface area contributed by atoms with E-state index in [1.54, 1.807) is 18.3 Å². The molecule has 72 valence electrons. The van der Waals surface area contributed by atoms with E-state index in [0.717, 1.165) is 11.3 Å². The minimum Gasteiger partial charge on any atom is -0.507 e. The molecule has 1 heterocycles. The molecular weight excluding hydrogens is 178 g/mol. The fourth-order valence-corrected chi connectivity index (χ4v) is 1.30. The van der Waals surface area contributed by atoms with Crippen molar-refractivity contribution in [3.63, 3.8) is 0 Å². The molecule has 0 bridgehead atoms. The van der Waals surface area contributed by atoms with E-state index in [1.165, 1.54) is 0 Å². The summed E-state index contributed by atoms with van der Waals surface area (Å²) in [5.74, 6) is 1.40. The predicted octanol–water partition coefficient (Wildman–Crippen LogP) is 2.66. The molecule has 1 N–H and O–H groups in total. The molecule has 0 spiro atoms. The zero-order valence-corrected chi connectivity index (χ0v) is 8.11. The average molecular weight is 189 g/mol. The second-order valence-electron chi connectivity index (χ2n) is 3.30. The topological polar surface area (TPSA) is 46.3 Å². The molecule has 3 heteroatoms. The fraction of sp³-hybridized carbons (Fsp3) is 0.182. The Kier molecular flexibility index (Phi) is 2.00. The molecule has 0 fully saturated rings. The number of oxazole rings is 1. The highest BCUT2D eigenvalue weighted by atomic mass is 16.4. The van der Waals surface area contributed by atoms with Crippen molar-refractivity contribution in [2.24, 2.45) is 0 Å². The molecule has 0 amide bonds. The lowest BCUT2D eigenvalue weighted by Crippen LogP contribution is -1.79. The zero-order chi connectivity index (χ0) is 10.1. The quantitative estimate of drug-likeness (QED) is 0.750. The van der Waals surface area contributed by atoms with Gasteiger partial charge < -0.3 is 9.52 Å². The summed E-state index contributed by atoms with van der Waals surface area (Å²) < 4.78 is 5.32. The lowest BCUT2D eigenvalue weighted by Gasteiger charge is -2.00. The number of rotatable bonds is 1. The van der Waals surface area contributed by atoms with Gasteiger partial charge >= 0.3 is 0 Å². The highest BCUT2D eigenvalue weighted by molar-refractivity contribution is 5.62. The van der Waals surface area contributed by atoms with Crippen LogP contribution in [0.1, 0.15) is 11.3 Å². The van der Waals surface area contributed by atoms with Gasteiger partial charge in [-0.2, -0.15) is 0 Å². The number of aromatic nitrogens is 1. The lowest BCUT2D eigenvalue weighted by molar-refractivity contribution is 0.471. The third kappa shape index (κ3) is 1.48. The highest BCUT2D eigenvalue weighted by Gasteiger charge is 2.09. The van der Waals surface area contributed by atoms with Crippen LogP contribution in [0.2, 0.25) is 0 Å². The van der Waals surface area contributed by atoms with Gasteiger partial charge in [0, 0.05) is 0 Å². The summed E-state index contributed by atoms with van der Waals surface area (Å²) in [4.78, 5) is 4.05. The molecule has 0 atom stereocenters. The van der Waals surface area contributed by atoms with Crippen LogP contribution in [0.5, 0.6) is 5.75 Å². The summed E-state index contributed by atoms with van der Waals surface area (Å²) in [6.45, 7) is 3.74. The van der Waals surface area contributed by atoms with E-state index in [-0.39, 0.29) is 5.75 Å². The van der Waals surface area contributed by atoms with Crippen molar-refractivity contribution < 1.29 is 9.52 Å². The van der Waals surface area contributed by atoms with Crippen LogP contribution in [-0.4, -0.2) is 10.1 Å². The van der Waals surface area contributed by atoms with E-state index in [1.807, 2.05) is 19.9 Å². The van der Waals surface area contributed by atoms with Gasteiger partial charge in [0.15, 0.2) is 0 Å². The number of phenolic OH excluding ortho intramolecular Hbond substituents is 1. The van der Waals surface area contributed by atoms with E-state index in [0.29, 0.717) is 11.5 Å². The van der Waals surface area contributed by atoms with Crippen molar-refractivity contribution in [3.05, 3.63) is 35.7 Å². The smallest absolute Gasteiger partial charge is 0.229 e. The molecule has 2 aromatic rings. The first-order valence-corrected chi connectivity index (χ1v) is 4.39. The van der Waals surface area contributed by atoms with Crippen molar-refractivity contribution in [2.75, 3.05) is 0 Å². The Balaban J connectivity index is 2.52. The number of benzene rings is 1. The van der Waals surface area contributed by atoms with Gasteiger partial charge in [-0.3, -0.25) is 0 Å². The van der Waals surface area contributed by atoms with Crippen LogP contribution in [0.4, 0.5) is 0 Å². The number of hydrogen-bond donors (Lipinski definition) is 1. The first-order valence-electron chi connectivity index (χ1n) is 4.39. The average Bonchev–Trinajstić information content (AvgIpc) is 2.51. The van der Waals surface area contributed by atoms with E-state index in [4.69, 9.17) is 4.42 Å². The Bertz CT molecular complexity index is 460. The molecule has 14 heavy (non-hydrogen) atoms. The number of aromatic hydroxyl groups is 1. The van der Waals surface area contributed by atoms with Gasteiger partial charge in [0.1, 0.15) is 11.5 Å². The minimum atomic E-state index is 0.201. The van der Waals surface area contributed by atoms with Gasteiger partial charge in [0.2, 0.25) is 5.89 Å². The molecule has 3 nitrogen and oxygen atoms in total. The SMILES string of the molecule is Cc1ccc(-c2ncc(C)o2)c(O)c1. The van der Waals surface area contributed by atoms with Crippen molar-refractivity contribution >= 4 is 0 Å². The van der Waals surface area contributed by atoms with Crippen LogP contribution < -0.4 is 0 Å². The first kappa shape index (κ1) is 8.81. The van der Waals surface area contributed by atoms with Crippen LogP contribution in [0.25, 0.3) is 11.5 Å². The number of phenols is 1. The Hall–Kier alpha value is -1.77. The number of aryl methyl sites for hydroxylation is 2. The van der Waals surface area contributed by atoms with E-state index in [9.17, 15) is 5.11 Å². The summed E-state index contributed by atoms with van der Waals surface area (Å²) in [6.07, 6.45) is 1.63. The Labute approximate surface area is 82.0 Å². The van der Waals surface area contributed by atoms with Gasteiger partial charge in [0.25, 0.3) is 0 Å². The molecule has 0 radical (unpaired) electrons. The van der Waals surface area contributed by atoms with E-state index < -0.39 is 0 Å². The molecule has 0 saturated carbocycles. The summed E-state index contributed by atoms with van der Waals surface area (Å²) in [5.41, 5.74) is 1.64. The maximum absolute atomic E-state index is 9.65. The van der Waals surface area contributed by atoms with Crippen molar-refractivity contribution in [2.45, 2.75) is 13.8 Å². The van der Waals surface area contributed by atoms with E-state index in [2.05, 4.69) is 4.98 Å². The van der Waals surface area contributed by atoms with Gasteiger partial charge in [0.05, 0.1) is 11.8 Å². The largest absolute Gasteiger partial charge is 0.507 e. The summed E-state index contributed by atoms with van der Waals surface area (Å²) in [6, 6.07) is 5.40. The molecule has 0 aliphatic carbocycles. The summed E-state index contributed by atoms with van der Waals surface area (Å²) in [7, 11) is 0. The van der Waals surface area contributed by atoms with Gasteiger partial charge in [-0.1, -0.05) is 6.07 Å². The van der Waals surface area contributed by atoms with Crippen molar-refractivity contribution in [1.29, 1.82) is 0 Å². The molecule has 0 unspecified atom stereocenters. The molecule has 0 aliphatic rings. The maximum Gasteiger partial charge on any atom is 0.229 e. The normalized spacial score (nSPS) is 10.4. The monoisotopic (exact) mass is 189 g/mol. The highest BCUT2D eigenvalue weighted by Crippen LogP contribution is 2.28. The third-order valence-corrected chi connectivity index (χ3v) is 2.00. The van der Waals surface area contributed by atoms with Crippen LogP contribution in [0, 0.1) is 13.8 Å². The van der Waals surface area contributed by atoms with Crippen LogP contribution >= 0.6 is 0 Å². The minimum absolute atomic E-state index is 0.201. The maximum atomic E-state index is 9.65. The van der Waals surface area contributed by atoms with Crippen LogP contribution in [-0.2, 0) is 0 Å². The predicted molar refractivity (Wildman–Crippen MR) is 53.1 cm³/mol. The Morgan fingerprint density at radius 1 is 1.29 bits per heavy atom. The Morgan fingerprint density at radius 3 is 2.64 bits per heavy atom. The van der Waals surface area contributed by atoms with E-state index >= 15 is 0 Å². The zero-order valence-electron chi connectivity index (χ0n) is 8.11. The fourth-order valence-electron chi connectivity index (χ4n) is 1.30. The van der Waals surface area contributed by atoms with Crippen molar-refractivity contribution in [3.8, 4) is 17.2 Å². The second-order valence-corrected chi connectivity index (χ2v) is 3.30. The number of nitrogens with zero attached hydrogens (tertiary/aromatic N) is 1. The van der Waals surface area contributed by atoms with Gasteiger partial charge in [-0.05, 0) is 31.5 Å². The molecule has 2 rings (SSSR count). The number of hydrogen-bond acceptors (Lipinski definition) is 3. The second kappa shape index (κ2) is 3.18. The molecule has 1 aromatic heterocycles. The van der Waals surface area contributed by atoms with Crippen molar-refractivity contribution in [1.82, 2.24) is 4.98 Å². The van der Waals surface area contributed by atoms with Gasteiger partial charge in [-0.15, -0.1) is 0 Å². The molecule has 0 aliphatic heterocycles. The summed E-state index contributed by atoms with van der Waals surface area (Å²) >= 11 is 0. The van der Waals surface area contributed by atoms with Gasteiger partial charge in [-0.25, -0.2) is 4.98 Å². The molecule has 1 aromatic carbocycles. The standard InChI is InChI=1S/C11H11NO2/c1-7-3-4-9(10(13)5-7)11-12-6-8(2)14-11/h3-6,13H,1-2H3. The molecular formula is C11H11NO2. The summed E-state index contributed by atoms with van der Waals surface area (Å²) in [5, 5.41) is 9.65. The third-order valence-electron chi connectivity index (χ3n) is 2.00. The Morgan fingerprint density at radius 2 is 2.07 bits per heavy atom. The molecule has 0 saturated heterocycles.